The molecule has 1 saturated heterocycles. The highest BCUT2D eigenvalue weighted by Gasteiger charge is 2.35. The quantitative estimate of drug-likeness (QED) is 0.746. The largest absolute Gasteiger partial charge is 0.313 e. The van der Waals surface area contributed by atoms with E-state index in [-0.39, 0.29) is 0 Å². The van der Waals surface area contributed by atoms with Crippen LogP contribution in [-0.4, -0.2) is 36.6 Å². The first kappa shape index (κ1) is 12.4. The van der Waals surface area contributed by atoms with Gasteiger partial charge in [0.15, 0.2) is 0 Å². The second-order valence-electron chi connectivity index (χ2n) is 5.73. The lowest BCUT2D eigenvalue weighted by molar-refractivity contribution is 0.128. The van der Waals surface area contributed by atoms with Crippen molar-refractivity contribution in [3.8, 4) is 0 Å². The molecular formula is C14H28N2. The van der Waals surface area contributed by atoms with E-state index in [9.17, 15) is 0 Å². The standard InChI is InChI=1S/C14H28N2/c1-3-5-12-9-13(15-8-4-2)11-16(10-12)14-6-7-14/h12-15H,3-11H2,1-2H3. The predicted octanol–water partition coefficient (Wildman–Crippen LogP) is 2.64. The van der Waals surface area contributed by atoms with Crippen molar-refractivity contribution >= 4 is 0 Å². The summed E-state index contributed by atoms with van der Waals surface area (Å²) in [5.74, 6) is 0.953. The van der Waals surface area contributed by atoms with E-state index in [4.69, 9.17) is 0 Å². The van der Waals surface area contributed by atoms with E-state index in [2.05, 4.69) is 24.1 Å². The Balaban J connectivity index is 1.82. The summed E-state index contributed by atoms with van der Waals surface area (Å²) in [5, 5.41) is 3.73. The Bertz CT molecular complexity index is 201. The molecule has 0 aromatic heterocycles. The van der Waals surface area contributed by atoms with Gasteiger partial charge in [0.05, 0.1) is 0 Å². The van der Waals surface area contributed by atoms with Gasteiger partial charge in [0.25, 0.3) is 0 Å². The highest BCUT2D eigenvalue weighted by molar-refractivity contribution is 4.92. The SMILES string of the molecule is CCCNC1CC(CCC)CN(C2CC2)C1. The molecule has 0 aromatic carbocycles. The zero-order valence-electron chi connectivity index (χ0n) is 11.0. The summed E-state index contributed by atoms with van der Waals surface area (Å²) in [7, 11) is 0. The minimum atomic E-state index is 0.769. The Hall–Kier alpha value is -0.0800. The minimum absolute atomic E-state index is 0.769. The summed E-state index contributed by atoms with van der Waals surface area (Å²) < 4.78 is 0. The molecule has 0 radical (unpaired) electrons. The highest BCUT2D eigenvalue weighted by atomic mass is 15.2. The molecule has 1 aliphatic heterocycles. The number of hydrogen-bond acceptors (Lipinski definition) is 2. The molecule has 2 atom stereocenters. The number of likely N-dealkylation sites (tertiary alicyclic amines) is 1. The van der Waals surface area contributed by atoms with E-state index in [1.54, 1.807) is 0 Å². The summed E-state index contributed by atoms with van der Waals surface area (Å²) >= 11 is 0. The fraction of sp³-hybridized carbons (Fsp3) is 1.00. The Labute approximate surface area is 101 Å². The Morgan fingerprint density at radius 3 is 2.56 bits per heavy atom. The van der Waals surface area contributed by atoms with Gasteiger partial charge in [-0.2, -0.15) is 0 Å². The molecule has 1 aliphatic carbocycles. The maximum absolute atomic E-state index is 3.73. The Morgan fingerprint density at radius 2 is 1.94 bits per heavy atom. The Morgan fingerprint density at radius 1 is 1.12 bits per heavy atom. The summed E-state index contributed by atoms with van der Waals surface area (Å²) in [6, 6.07) is 1.72. The minimum Gasteiger partial charge on any atom is -0.313 e. The average Bonchev–Trinajstić information content (AvgIpc) is 3.10. The molecule has 0 amide bonds. The third-order valence-corrected chi connectivity index (χ3v) is 4.01. The zero-order chi connectivity index (χ0) is 11.4. The van der Waals surface area contributed by atoms with E-state index in [0.717, 1.165) is 18.0 Å². The molecule has 1 saturated carbocycles. The van der Waals surface area contributed by atoms with Crippen LogP contribution in [0.2, 0.25) is 0 Å². The van der Waals surface area contributed by atoms with Crippen molar-refractivity contribution in [2.45, 2.75) is 64.5 Å². The van der Waals surface area contributed by atoms with Crippen LogP contribution in [0.1, 0.15) is 52.4 Å². The first-order valence-corrected chi connectivity index (χ1v) is 7.30. The number of rotatable bonds is 6. The van der Waals surface area contributed by atoms with Crippen molar-refractivity contribution in [1.82, 2.24) is 10.2 Å². The monoisotopic (exact) mass is 224 g/mol. The van der Waals surface area contributed by atoms with E-state index in [1.165, 1.54) is 58.2 Å². The molecule has 2 rings (SSSR count). The van der Waals surface area contributed by atoms with Gasteiger partial charge in [-0.3, -0.25) is 4.90 Å². The van der Waals surface area contributed by atoms with Gasteiger partial charge >= 0.3 is 0 Å². The predicted molar refractivity (Wildman–Crippen MR) is 69.7 cm³/mol. The first-order chi connectivity index (χ1) is 7.83. The molecule has 2 heteroatoms. The maximum atomic E-state index is 3.73. The molecule has 0 bridgehead atoms. The highest BCUT2D eigenvalue weighted by Crippen LogP contribution is 2.32. The molecule has 2 aliphatic rings. The second-order valence-corrected chi connectivity index (χ2v) is 5.73. The van der Waals surface area contributed by atoms with Gasteiger partial charge in [0.1, 0.15) is 0 Å². The number of hydrogen-bond donors (Lipinski definition) is 1. The van der Waals surface area contributed by atoms with E-state index < -0.39 is 0 Å². The summed E-state index contributed by atoms with van der Waals surface area (Å²) in [4.78, 5) is 2.76. The summed E-state index contributed by atoms with van der Waals surface area (Å²) in [5.41, 5.74) is 0. The smallest absolute Gasteiger partial charge is 0.0198 e. The van der Waals surface area contributed by atoms with Gasteiger partial charge in [0.2, 0.25) is 0 Å². The molecule has 1 N–H and O–H groups in total. The maximum Gasteiger partial charge on any atom is 0.0198 e. The van der Waals surface area contributed by atoms with Crippen molar-refractivity contribution in [2.75, 3.05) is 19.6 Å². The van der Waals surface area contributed by atoms with Crippen LogP contribution in [0.5, 0.6) is 0 Å². The molecular weight excluding hydrogens is 196 g/mol. The van der Waals surface area contributed by atoms with E-state index in [0.29, 0.717) is 0 Å². The number of piperidine rings is 1. The molecule has 2 fully saturated rings. The van der Waals surface area contributed by atoms with Crippen LogP contribution in [0.3, 0.4) is 0 Å². The first-order valence-electron chi connectivity index (χ1n) is 7.30. The lowest BCUT2D eigenvalue weighted by Gasteiger charge is -2.38. The Kier molecular flexibility index (Phi) is 4.66. The molecule has 0 spiro atoms. The lowest BCUT2D eigenvalue weighted by Crippen LogP contribution is -2.50. The van der Waals surface area contributed by atoms with Crippen molar-refractivity contribution in [2.24, 2.45) is 5.92 Å². The van der Waals surface area contributed by atoms with Crippen molar-refractivity contribution in [3.63, 3.8) is 0 Å². The van der Waals surface area contributed by atoms with Crippen molar-refractivity contribution in [1.29, 1.82) is 0 Å². The van der Waals surface area contributed by atoms with Gasteiger partial charge in [0, 0.05) is 25.2 Å². The summed E-state index contributed by atoms with van der Waals surface area (Å²) in [6.07, 6.45) is 8.37. The van der Waals surface area contributed by atoms with Gasteiger partial charge in [-0.05, 0) is 44.6 Å². The zero-order valence-corrected chi connectivity index (χ0v) is 11.0. The van der Waals surface area contributed by atoms with Crippen LogP contribution in [-0.2, 0) is 0 Å². The normalized spacial score (nSPS) is 31.9. The lowest BCUT2D eigenvalue weighted by atomic mass is 9.90. The van der Waals surface area contributed by atoms with Crippen molar-refractivity contribution in [3.05, 3.63) is 0 Å². The van der Waals surface area contributed by atoms with Gasteiger partial charge in [-0.25, -0.2) is 0 Å². The molecule has 16 heavy (non-hydrogen) atoms. The number of nitrogens with one attached hydrogen (secondary N) is 1. The number of nitrogens with zero attached hydrogens (tertiary/aromatic N) is 1. The van der Waals surface area contributed by atoms with Gasteiger partial charge in [-0.15, -0.1) is 0 Å². The van der Waals surface area contributed by atoms with E-state index in [1.807, 2.05) is 0 Å². The second kappa shape index (κ2) is 6.02. The van der Waals surface area contributed by atoms with Crippen LogP contribution in [0.25, 0.3) is 0 Å². The molecule has 2 nitrogen and oxygen atoms in total. The van der Waals surface area contributed by atoms with Crippen LogP contribution in [0, 0.1) is 5.92 Å². The topological polar surface area (TPSA) is 15.3 Å². The molecule has 1 heterocycles. The third kappa shape index (κ3) is 3.46. The van der Waals surface area contributed by atoms with Gasteiger partial charge in [-0.1, -0.05) is 20.3 Å². The van der Waals surface area contributed by atoms with E-state index >= 15 is 0 Å². The molecule has 94 valence electrons. The van der Waals surface area contributed by atoms with Gasteiger partial charge < -0.3 is 5.32 Å². The molecule has 2 unspecified atom stereocenters. The van der Waals surface area contributed by atoms with Crippen LogP contribution >= 0.6 is 0 Å². The average molecular weight is 224 g/mol. The van der Waals surface area contributed by atoms with Crippen LogP contribution in [0.15, 0.2) is 0 Å². The molecule has 0 aromatic rings. The fourth-order valence-electron chi connectivity index (χ4n) is 3.09. The van der Waals surface area contributed by atoms with Crippen LogP contribution in [0.4, 0.5) is 0 Å². The van der Waals surface area contributed by atoms with Crippen molar-refractivity contribution < 1.29 is 0 Å². The summed E-state index contributed by atoms with van der Waals surface area (Å²) in [6.45, 7) is 8.47. The van der Waals surface area contributed by atoms with Crippen LogP contribution < -0.4 is 5.32 Å². The third-order valence-electron chi connectivity index (χ3n) is 4.01. The fourth-order valence-corrected chi connectivity index (χ4v) is 3.09.